The number of allylic oxidation sites excluding steroid dienone is 3. The van der Waals surface area contributed by atoms with E-state index in [1.165, 1.54) is 13.2 Å². The molecule has 1 unspecified atom stereocenters. The SMILES string of the molecule is COc1cc(/C=C\C2=C(O)CC(O)(OC)C=C2)cc(OC)c1OC. The van der Waals surface area contributed by atoms with Gasteiger partial charge < -0.3 is 29.2 Å². The summed E-state index contributed by atoms with van der Waals surface area (Å²) in [6.45, 7) is 0. The van der Waals surface area contributed by atoms with Crippen molar-refractivity contribution in [1.29, 1.82) is 0 Å². The highest BCUT2D eigenvalue weighted by Gasteiger charge is 2.28. The molecule has 0 spiro atoms. The first-order chi connectivity index (χ1) is 11.5. The van der Waals surface area contributed by atoms with Gasteiger partial charge >= 0.3 is 0 Å². The van der Waals surface area contributed by atoms with Gasteiger partial charge in [0, 0.05) is 12.7 Å². The fourth-order valence-corrected chi connectivity index (χ4v) is 2.39. The molecular weight excluding hydrogens is 312 g/mol. The Labute approximate surface area is 141 Å². The standard InChI is InChI=1S/C18H22O6/c1-21-15-9-12(10-16(22-2)17(15)23-3)5-6-13-7-8-18(20,24-4)11-14(13)19/h5-10,19-20H,11H2,1-4H3/b6-5-. The zero-order valence-corrected chi connectivity index (χ0v) is 14.2. The first-order valence-electron chi connectivity index (χ1n) is 7.33. The van der Waals surface area contributed by atoms with Crippen LogP contribution in [0.1, 0.15) is 12.0 Å². The molecule has 0 saturated heterocycles. The van der Waals surface area contributed by atoms with Crippen molar-refractivity contribution in [1.82, 2.24) is 0 Å². The Morgan fingerprint density at radius 2 is 1.62 bits per heavy atom. The Hall–Kier alpha value is -2.44. The lowest BCUT2D eigenvalue weighted by atomic mass is 9.99. The maximum atomic E-state index is 10.1. The fraction of sp³-hybridized carbons (Fsp3) is 0.333. The predicted octanol–water partition coefficient (Wildman–Crippen LogP) is 2.83. The van der Waals surface area contributed by atoms with E-state index in [2.05, 4.69) is 0 Å². The first-order valence-corrected chi connectivity index (χ1v) is 7.33. The molecule has 0 saturated carbocycles. The van der Waals surface area contributed by atoms with Gasteiger partial charge in [-0.05, 0) is 23.8 Å². The molecule has 1 aromatic rings. The van der Waals surface area contributed by atoms with Gasteiger partial charge in [0.25, 0.3) is 0 Å². The summed E-state index contributed by atoms with van der Waals surface area (Å²) in [5.41, 5.74) is 1.40. The molecule has 0 bridgehead atoms. The van der Waals surface area contributed by atoms with Gasteiger partial charge in [0.2, 0.25) is 5.75 Å². The number of ether oxygens (including phenoxy) is 4. The van der Waals surface area contributed by atoms with Gasteiger partial charge in [-0.1, -0.05) is 18.2 Å². The van der Waals surface area contributed by atoms with Gasteiger partial charge in [-0.25, -0.2) is 0 Å². The molecule has 2 rings (SSSR count). The third kappa shape index (κ3) is 3.72. The van der Waals surface area contributed by atoms with Crippen molar-refractivity contribution >= 4 is 6.08 Å². The van der Waals surface area contributed by atoms with E-state index in [9.17, 15) is 10.2 Å². The van der Waals surface area contributed by atoms with Crippen LogP contribution in [0.5, 0.6) is 17.2 Å². The molecule has 0 aliphatic heterocycles. The quantitative estimate of drug-likeness (QED) is 0.779. The Kier molecular flexibility index (Phi) is 5.54. The second-order valence-corrected chi connectivity index (χ2v) is 5.25. The van der Waals surface area contributed by atoms with Crippen LogP contribution in [0.4, 0.5) is 0 Å². The lowest BCUT2D eigenvalue weighted by molar-refractivity contribution is -0.149. The second-order valence-electron chi connectivity index (χ2n) is 5.25. The molecule has 130 valence electrons. The number of hydrogen-bond acceptors (Lipinski definition) is 6. The smallest absolute Gasteiger partial charge is 0.203 e. The lowest BCUT2D eigenvalue weighted by Crippen LogP contribution is -2.30. The zero-order valence-electron chi connectivity index (χ0n) is 14.2. The molecule has 6 nitrogen and oxygen atoms in total. The van der Waals surface area contributed by atoms with Crippen molar-refractivity contribution < 1.29 is 29.2 Å². The molecule has 6 heteroatoms. The number of methoxy groups -OCH3 is 4. The van der Waals surface area contributed by atoms with Crippen molar-refractivity contribution in [3.05, 3.63) is 47.3 Å². The van der Waals surface area contributed by atoms with Gasteiger partial charge in [-0.15, -0.1) is 0 Å². The van der Waals surface area contributed by atoms with Crippen LogP contribution in [-0.2, 0) is 4.74 Å². The van der Waals surface area contributed by atoms with Gasteiger partial charge in [0.1, 0.15) is 5.76 Å². The first kappa shape index (κ1) is 17.9. The van der Waals surface area contributed by atoms with Gasteiger partial charge in [-0.2, -0.15) is 0 Å². The topological polar surface area (TPSA) is 77.4 Å². The van der Waals surface area contributed by atoms with Crippen LogP contribution in [0.2, 0.25) is 0 Å². The predicted molar refractivity (Wildman–Crippen MR) is 90.5 cm³/mol. The molecule has 0 amide bonds. The highest BCUT2D eigenvalue weighted by Crippen LogP contribution is 2.38. The summed E-state index contributed by atoms with van der Waals surface area (Å²) in [7, 11) is 6.03. The minimum absolute atomic E-state index is 0.00503. The van der Waals surface area contributed by atoms with Crippen LogP contribution in [0.25, 0.3) is 6.08 Å². The Morgan fingerprint density at radius 3 is 2.08 bits per heavy atom. The molecule has 0 radical (unpaired) electrons. The summed E-state index contributed by atoms with van der Waals surface area (Å²) in [4.78, 5) is 0. The Balaban J connectivity index is 2.30. The minimum atomic E-state index is -1.46. The van der Waals surface area contributed by atoms with Crippen LogP contribution in [0, 0.1) is 0 Å². The molecule has 24 heavy (non-hydrogen) atoms. The Morgan fingerprint density at radius 1 is 1.00 bits per heavy atom. The fourth-order valence-electron chi connectivity index (χ4n) is 2.39. The average molecular weight is 334 g/mol. The van der Waals surface area contributed by atoms with Crippen molar-refractivity contribution in [2.75, 3.05) is 28.4 Å². The summed E-state index contributed by atoms with van der Waals surface area (Å²) in [6, 6.07) is 3.60. The van der Waals surface area contributed by atoms with Crippen molar-refractivity contribution in [2.24, 2.45) is 0 Å². The van der Waals surface area contributed by atoms with Crippen molar-refractivity contribution in [2.45, 2.75) is 12.2 Å². The molecule has 0 heterocycles. The second kappa shape index (κ2) is 7.42. The number of aliphatic hydroxyl groups excluding tert-OH is 1. The van der Waals surface area contributed by atoms with Gasteiger partial charge in [0.05, 0.1) is 27.8 Å². The van der Waals surface area contributed by atoms with E-state index in [-0.39, 0.29) is 12.2 Å². The van der Waals surface area contributed by atoms with E-state index in [0.29, 0.717) is 22.8 Å². The molecule has 0 fully saturated rings. The average Bonchev–Trinajstić information content (AvgIpc) is 2.60. The molecule has 0 aromatic heterocycles. The maximum absolute atomic E-state index is 10.1. The molecule has 2 N–H and O–H groups in total. The monoisotopic (exact) mass is 334 g/mol. The minimum Gasteiger partial charge on any atom is -0.511 e. The van der Waals surface area contributed by atoms with Crippen LogP contribution in [0.15, 0.2) is 41.7 Å². The van der Waals surface area contributed by atoms with Crippen LogP contribution in [0.3, 0.4) is 0 Å². The summed E-state index contributed by atoms with van der Waals surface area (Å²) >= 11 is 0. The normalized spacial score (nSPS) is 20.5. The third-order valence-electron chi connectivity index (χ3n) is 3.77. The molecule has 1 aliphatic rings. The third-order valence-corrected chi connectivity index (χ3v) is 3.77. The number of rotatable bonds is 6. The Bertz CT molecular complexity index is 664. The maximum Gasteiger partial charge on any atom is 0.203 e. The van der Waals surface area contributed by atoms with Crippen LogP contribution >= 0.6 is 0 Å². The summed E-state index contributed by atoms with van der Waals surface area (Å²) in [5.74, 6) is 0.186. The van der Waals surface area contributed by atoms with E-state index in [1.807, 2.05) is 0 Å². The van der Waals surface area contributed by atoms with Crippen LogP contribution < -0.4 is 14.2 Å². The van der Waals surface area contributed by atoms with Gasteiger partial charge in [-0.3, -0.25) is 0 Å². The van der Waals surface area contributed by atoms with Gasteiger partial charge in [0.15, 0.2) is 17.3 Å². The van der Waals surface area contributed by atoms with E-state index < -0.39 is 5.79 Å². The summed E-state index contributed by atoms with van der Waals surface area (Å²) in [5, 5.41) is 20.0. The molecular formula is C18H22O6. The number of hydrogen-bond donors (Lipinski definition) is 2. The largest absolute Gasteiger partial charge is 0.511 e. The zero-order chi connectivity index (χ0) is 17.7. The molecule has 1 atom stereocenters. The number of benzene rings is 1. The lowest BCUT2D eigenvalue weighted by Gasteiger charge is -2.25. The molecule has 1 aliphatic carbocycles. The highest BCUT2D eigenvalue weighted by atomic mass is 16.6. The van der Waals surface area contributed by atoms with E-state index in [0.717, 1.165) is 5.56 Å². The van der Waals surface area contributed by atoms with Crippen molar-refractivity contribution in [3.63, 3.8) is 0 Å². The van der Waals surface area contributed by atoms with E-state index in [4.69, 9.17) is 18.9 Å². The van der Waals surface area contributed by atoms with Crippen molar-refractivity contribution in [3.8, 4) is 17.2 Å². The highest BCUT2D eigenvalue weighted by molar-refractivity contribution is 5.64. The summed E-state index contributed by atoms with van der Waals surface area (Å²) < 4.78 is 20.9. The number of aliphatic hydroxyl groups is 2. The summed E-state index contributed by atoms with van der Waals surface area (Å²) in [6.07, 6.45) is 6.65. The van der Waals surface area contributed by atoms with E-state index in [1.54, 1.807) is 51.7 Å². The molecule has 1 aromatic carbocycles. The van der Waals surface area contributed by atoms with E-state index >= 15 is 0 Å². The van der Waals surface area contributed by atoms with Crippen LogP contribution in [-0.4, -0.2) is 44.4 Å².